The summed E-state index contributed by atoms with van der Waals surface area (Å²) in [6.07, 6.45) is 1.01. The van der Waals surface area contributed by atoms with Gasteiger partial charge in [-0.25, -0.2) is 13.8 Å². The highest BCUT2D eigenvalue weighted by Gasteiger charge is 2.20. The van der Waals surface area contributed by atoms with Gasteiger partial charge in [0, 0.05) is 55.5 Å². The van der Waals surface area contributed by atoms with E-state index in [1.165, 1.54) is 0 Å². The van der Waals surface area contributed by atoms with Crippen LogP contribution >= 0.6 is 0 Å². The lowest BCUT2D eigenvalue weighted by atomic mass is 10.0. The van der Waals surface area contributed by atoms with E-state index in [0.29, 0.717) is 67.4 Å². The van der Waals surface area contributed by atoms with Crippen molar-refractivity contribution in [3.05, 3.63) is 59.3 Å². The normalized spacial score (nSPS) is 14.8. The molecule has 1 aliphatic heterocycles. The number of likely N-dealkylation sites (N-methyl/N-ethyl adjacent to an activating group) is 1. The maximum atomic E-state index is 13.7. The molecule has 10 heteroatoms. The number of hydrogen-bond acceptors (Lipinski definition) is 7. The quantitative estimate of drug-likeness (QED) is 0.489. The number of morpholine rings is 1. The summed E-state index contributed by atoms with van der Waals surface area (Å²) in [4.78, 5) is 24.2. The van der Waals surface area contributed by atoms with Gasteiger partial charge in [0.1, 0.15) is 29.3 Å². The molecule has 8 nitrogen and oxygen atoms in total. The highest BCUT2D eigenvalue weighted by molar-refractivity contribution is 5.98. The molecule has 3 aromatic rings. The Hall–Kier alpha value is -3.37. The maximum absolute atomic E-state index is 13.7. The van der Waals surface area contributed by atoms with Gasteiger partial charge in [-0.1, -0.05) is 0 Å². The molecule has 1 saturated heterocycles. The van der Waals surface area contributed by atoms with Crippen LogP contribution in [0.15, 0.2) is 36.5 Å². The fraction of sp³-hybridized carbons (Fsp3) is 0.375. The van der Waals surface area contributed by atoms with Gasteiger partial charge in [0.25, 0.3) is 5.91 Å². The Morgan fingerprint density at radius 1 is 1.15 bits per heavy atom. The lowest BCUT2D eigenvalue weighted by Gasteiger charge is -2.28. The van der Waals surface area contributed by atoms with Crippen LogP contribution in [0.25, 0.3) is 11.0 Å². The summed E-state index contributed by atoms with van der Waals surface area (Å²) < 4.78 is 38.7. The third kappa shape index (κ3) is 5.57. The van der Waals surface area contributed by atoms with Crippen LogP contribution in [0.1, 0.15) is 28.9 Å². The van der Waals surface area contributed by atoms with Crippen molar-refractivity contribution in [2.24, 2.45) is 0 Å². The molecule has 1 amide bonds. The van der Waals surface area contributed by atoms with E-state index < -0.39 is 17.7 Å². The predicted octanol–water partition coefficient (Wildman–Crippen LogP) is 2.83. The molecule has 1 aliphatic rings. The monoisotopic (exact) mass is 471 g/mol. The van der Waals surface area contributed by atoms with Crippen LogP contribution in [-0.2, 0) is 4.74 Å². The van der Waals surface area contributed by atoms with E-state index in [-0.39, 0.29) is 11.7 Å². The molecule has 1 unspecified atom stereocenters. The number of aromatic nitrogens is 2. The van der Waals surface area contributed by atoms with Crippen molar-refractivity contribution in [2.45, 2.75) is 13.0 Å². The van der Waals surface area contributed by atoms with E-state index >= 15 is 0 Å². The van der Waals surface area contributed by atoms with Crippen molar-refractivity contribution >= 4 is 22.8 Å². The van der Waals surface area contributed by atoms with Gasteiger partial charge in [0.15, 0.2) is 0 Å². The van der Waals surface area contributed by atoms with Gasteiger partial charge in [-0.15, -0.1) is 0 Å². The summed E-state index contributed by atoms with van der Waals surface area (Å²) in [6, 6.07) is 6.37. The van der Waals surface area contributed by atoms with Gasteiger partial charge in [0.05, 0.1) is 30.4 Å². The number of hydrogen-bond donors (Lipinski definition) is 2. The van der Waals surface area contributed by atoms with Gasteiger partial charge < -0.3 is 25.0 Å². The van der Waals surface area contributed by atoms with Crippen LogP contribution in [0.4, 0.5) is 14.6 Å². The maximum Gasteiger partial charge on any atom is 0.251 e. The number of rotatable bonds is 8. The Kier molecular flexibility index (Phi) is 7.49. The molecular formula is C24H27F2N5O3. The van der Waals surface area contributed by atoms with Crippen molar-refractivity contribution in [3.63, 3.8) is 0 Å². The third-order valence-corrected chi connectivity index (χ3v) is 5.51. The van der Waals surface area contributed by atoms with Crippen molar-refractivity contribution in [1.29, 1.82) is 0 Å². The predicted molar refractivity (Wildman–Crippen MR) is 124 cm³/mol. The number of benzene rings is 2. The van der Waals surface area contributed by atoms with Crippen LogP contribution in [0, 0.1) is 11.6 Å². The van der Waals surface area contributed by atoms with E-state index in [1.807, 2.05) is 0 Å². The molecule has 34 heavy (non-hydrogen) atoms. The fourth-order valence-corrected chi connectivity index (χ4v) is 3.79. The first kappa shape index (κ1) is 23.8. The molecule has 2 heterocycles. The number of ether oxygens (including phenoxy) is 2. The molecular weight excluding hydrogens is 444 g/mol. The average molecular weight is 472 g/mol. The molecule has 1 fully saturated rings. The van der Waals surface area contributed by atoms with Crippen molar-refractivity contribution in [1.82, 2.24) is 20.6 Å². The Morgan fingerprint density at radius 3 is 2.59 bits per heavy atom. The summed E-state index contributed by atoms with van der Waals surface area (Å²) in [7, 11) is 1.80. The summed E-state index contributed by atoms with van der Waals surface area (Å²) in [6.45, 7) is 5.40. The molecule has 0 bridgehead atoms. The van der Waals surface area contributed by atoms with Crippen LogP contribution in [0.5, 0.6) is 5.75 Å². The first-order valence-corrected chi connectivity index (χ1v) is 11.1. The summed E-state index contributed by atoms with van der Waals surface area (Å²) >= 11 is 0. The minimum atomic E-state index is -0.737. The van der Waals surface area contributed by atoms with Crippen LogP contribution in [-0.4, -0.2) is 62.3 Å². The van der Waals surface area contributed by atoms with E-state index in [0.717, 1.165) is 18.2 Å². The fourth-order valence-electron chi connectivity index (χ4n) is 3.79. The Labute approximate surface area is 196 Å². The molecule has 180 valence electrons. The second-order valence-electron chi connectivity index (χ2n) is 7.99. The topological polar surface area (TPSA) is 88.6 Å². The zero-order chi connectivity index (χ0) is 24.1. The van der Waals surface area contributed by atoms with Crippen molar-refractivity contribution in [2.75, 3.05) is 51.3 Å². The lowest BCUT2D eigenvalue weighted by molar-refractivity contribution is 0.0954. The van der Waals surface area contributed by atoms with E-state index in [9.17, 15) is 13.6 Å². The van der Waals surface area contributed by atoms with Gasteiger partial charge in [-0.3, -0.25) is 9.78 Å². The second kappa shape index (κ2) is 10.7. The molecule has 1 atom stereocenters. The number of nitrogens with zero attached hydrogens (tertiary/aromatic N) is 3. The molecule has 0 spiro atoms. The Balaban J connectivity index is 1.73. The lowest BCUT2D eigenvalue weighted by Crippen LogP contribution is -2.36. The SMILES string of the molecule is CNCCNC(=O)c1cc(C(C)Oc2cc(F)cc(F)c2)c2nc(N3CCOCC3)cnc2c1. The van der Waals surface area contributed by atoms with Crippen molar-refractivity contribution in [3.8, 4) is 5.75 Å². The number of halogens is 2. The molecule has 0 saturated carbocycles. The van der Waals surface area contributed by atoms with Gasteiger partial charge >= 0.3 is 0 Å². The van der Waals surface area contributed by atoms with Crippen LogP contribution in [0.3, 0.4) is 0 Å². The number of anilines is 1. The molecule has 1 aromatic heterocycles. The first-order chi connectivity index (χ1) is 16.4. The highest BCUT2D eigenvalue weighted by Crippen LogP contribution is 2.30. The Bertz CT molecular complexity index is 1150. The zero-order valence-corrected chi connectivity index (χ0v) is 19.1. The average Bonchev–Trinajstić information content (AvgIpc) is 2.83. The molecule has 0 aliphatic carbocycles. The van der Waals surface area contributed by atoms with E-state index in [4.69, 9.17) is 14.5 Å². The van der Waals surface area contributed by atoms with Crippen LogP contribution < -0.4 is 20.3 Å². The standard InChI is InChI=1S/C24H27F2N5O3/c1-15(34-19-12-17(25)11-18(26)13-19)20-9-16(24(32)28-4-3-27-2)10-21-23(20)30-22(14-29-21)31-5-7-33-8-6-31/h9-15,27H,3-8H2,1-2H3,(H,28,32). The molecule has 2 N–H and O–H groups in total. The summed E-state index contributed by atoms with van der Waals surface area (Å²) in [5.41, 5.74) is 2.06. The summed E-state index contributed by atoms with van der Waals surface area (Å²) in [5.74, 6) is -1.01. The molecule has 4 rings (SSSR count). The largest absolute Gasteiger partial charge is 0.486 e. The second-order valence-corrected chi connectivity index (χ2v) is 7.99. The van der Waals surface area contributed by atoms with Crippen LogP contribution in [0.2, 0.25) is 0 Å². The zero-order valence-electron chi connectivity index (χ0n) is 19.1. The smallest absolute Gasteiger partial charge is 0.251 e. The molecule has 0 radical (unpaired) electrons. The highest BCUT2D eigenvalue weighted by atomic mass is 19.1. The van der Waals surface area contributed by atoms with Gasteiger partial charge in [0.2, 0.25) is 0 Å². The minimum Gasteiger partial charge on any atom is -0.486 e. The minimum absolute atomic E-state index is 0.0410. The molecule has 2 aromatic carbocycles. The van der Waals surface area contributed by atoms with Gasteiger partial charge in [-0.05, 0) is 26.1 Å². The van der Waals surface area contributed by atoms with E-state index in [2.05, 4.69) is 20.5 Å². The number of fused-ring (bicyclic) bond motifs is 1. The Morgan fingerprint density at radius 2 is 1.88 bits per heavy atom. The van der Waals surface area contributed by atoms with Crippen molar-refractivity contribution < 1.29 is 23.0 Å². The summed E-state index contributed by atoms with van der Waals surface area (Å²) in [5, 5.41) is 5.82. The number of carbonyl (C=O) groups excluding carboxylic acids is 1. The third-order valence-electron chi connectivity index (χ3n) is 5.51. The number of nitrogens with one attached hydrogen (secondary N) is 2. The van der Waals surface area contributed by atoms with E-state index in [1.54, 1.807) is 32.3 Å². The number of carbonyl (C=O) groups is 1. The number of amides is 1. The first-order valence-electron chi connectivity index (χ1n) is 11.1. The van der Waals surface area contributed by atoms with Gasteiger partial charge in [-0.2, -0.15) is 0 Å².